The quantitative estimate of drug-likeness (QED) is 0.659. The maximum absolute atomic E-state index is 12.2. The van der Waals surface area contributed by atoms with Crippen LogP contribution in [0.1, 0.15) is 16.1 Å². The first-order chi connectivity index (χ1) is 12.1. The van der Waals surface area contributed by atoms with Crippen LogP contribution in [0, 0.1) is 0 Å². The second-order valence-corrected chi connectivity index (χ2v) is 5.53. The first-order valence-electron chi connectivity index (χ1n) is 7.39. The summed E-state index contributed by atoms with van der Waals surface area (Å²) in [6.45, 7) is -0.171. The largest absolute Gasteiger partial charge is 0.467 e. The van der Waals surface area contributed by atoms with Crippen LogP contribution in [0.15, 0.2) is 53.3 Å². The highest BCUT2D eigenvalue weighted by atomic mass is 35.5. The molecule has 2 aromatic heterocycles. The smallest absolute Gasteiger partial charge is 0.342 e. The molecule has 0 aliphatic carbocycles. The molecular formula is C17H14ClN3O4. The summed E-state index contributed by atoms with van der Waals surface area (Å²) in [5.74, 6) is -0.465. The number of hydrogen-bond donors (Lipinski definition) is 2. The minimum atomic E-state index is -0.646. The normalized spacial score (nSPS) is 10.4. The fourth-order valence-electron chi connectivity index (χ4n) is 2.14. The topological polar surface area (TPSA) is 97.2 Å². The molecule has 3 rings (SSSR count). The zero-order valence-corrected chi connectivity index (χ0v) is 13.7. The Hall–Kier alpha value is -3.06. The van der Waals surface area contributed by atoms with Gasteiger partial charge in [0.1, 0.15) is 11.3 Å². The average molecular weight is 360 g/mol. The van der Waals surface area contributed by atoms with Crippen molar-refractivity contribution in [3.8, 4) is 11.3 Å². The van der Waals surface area contributed by atoms with Gasteiger partial charge in [-0.3, -0.25) is 9.89 Å². The SMILES string of the molecule is O=C(COC(=O)c1cn[nH]c1-c1ccc(Cl)cc1)NCc1ccco1. The number of aromatic nitrogens is 2. The van der Waals surface area contributed by atoms with Gasteiger partial charge in [-0.1, -0.05) is 23.7 Å². The van der Waals surface area contributed by atoms with Gasteiger partial charge >= 0.3 is 5.97 Å². The number of furan rings is 1. The van der Waals surface area contributed by atoms with Gasteiger partial charge in [0.2, 0.25) is 0 Å². The lowest BCUT2D eigenvalue weighted by atomic mass is 10.1. The van der Waals surface area contributed by atoms with Crippen molar-refractivity contribution < 1.29 is 18.7 Å². The Bertz CT molecular complexity index is 856. The van der Waals surface area contributed by atoms with Gasteiger partial charge in [0.15, 0.2) is 6.61 Å². The van der Waals surface area contributed by atoms with Gasteiger partial charge in [-0.05, 0) is 24.3 Å². The molecule has 25 heavy (non-hydrogen) atoms. The molecular weight excluding hydrogens is 346 g/mol. The molecule has 0 aliphatic heterocycles. The average Bonchev–Trinajstić information content (AvgIpc) is 3.30. The number of carbonyl (C=O) groups excluding carboxylic acids is 2. The minimum absolute atomic E-state index is 0.227. The predicted octanol–water partition coefficient (Wildman–Crippen LogP) is 2.80. The molecule has 0 saturated carbocycles. The molecule has 0 atom stereocenters. The van der Waals surface area contributed by atoms with Crippen molar-refractivity contribution >= 4 is 23.5 Å². The lowest BCUT2D eigenvalue weighted by Crippen LogP contribution is -2.28. The van der Waals surface area contributed by atoms with Crippen molar-refractivity contribution in [2.24, 2.45) is 0 Å². The van der Waals surface area contributed by atoms with Crippen LogP contribution in [0.5, 0.6) is 0 Å². The number of rotatable bonds is 6. The number of nitrogens with one attached hydrogen (secondary N) is 2. The third kappa shape index (κ3) is 4.27. The molecule has 128 valence electrons. The number of halogens is 1. The molecule has 3 aromatic rings. The Morgan fingerprint density at radius 2 is 2.04 bits per heavy atom. The molecule has 7 nitrogen and oxygen atoms in total. The zero-order chi connectivity index (χ0) is 17.6. The Labute approximate surface area is 147 Å². The second kappa shape index (κ2) is 7.67. The number of amides is 1. The lowest BCUT2D eigenvalue weighted by Gasteiger charge is -2.06. The van der Waals surface area contributed by atoms with Crippen molar-refractivity contribution in [3.05, 3.63) is 65.2 Å². The molecule has 1 amide bonds. The molecule has 2 heterocycles. The molecule has 8 heteroatoms. The fourth-order valence-corrected chi connectivity index (χ4v) is 2.26. The van der Waals surface area contributed by atoms with Crippen molar-refractivity contribution in [1.82, 2.24) is 15.5 Å². The molecule has 0 radical (unpaired) electrons. The Morgan fingerprint density at radius 3 is 2.76 bits per heavy atom. The molecule has 2 N–H and O–H groups in total. The van der Waals surface area contributed by atoms with E-state index in [9.17, 15) is 9.59 Å². The van der Waals surface area contributed by atoms with Gasteiger partial charge in [0.05, 0.1) is 24.7 Å². The van der Waals surface area contributed by atoms with E-state index in [1.165, 1.54) is 12.5 Å². The van der Waals surface area contributed by atoms with Gasteiger partial charge in [0.25, 0.3) is 5.91 Å². The van der Waals surface area contributed by atoms with Gasteiger partial charge < -0.3 is 14.5 Å². The molecule has 0 fully saturated rings. The number of ether oxygens (including phenoxy) is 1. The van der Waals surface area contributed by atoms with Gasteiger partial charge in [-0.25, -0.2) is 4.79 Å². The maximum Gasteiger partial charge on any atom is 0.342 e. The van der Waals surface area contributed by atoms with Crippen LogP contribution in [0.25, 0.3) is 11.3 Å². The van der Waals surface area contributed by atoms with E-state index in [0.29, 0.717) is 16.5 Å². The summed E-state index contributed by atoms with van der Waals surface area (Å²) in [6, 6.07) is 10.4. The predicted molar refractivity (Wildman–Crippen MR) is 89.9 cm³/mol. The molecule has 0 bridgehead atoms. The van der Waals surface area contributed by atoms with Gasteiger partial charge in [-0.2, -0.15) is 5.10 Å². The maximum atomic E-state index is 12.2. The summed E-state index contributed by atoms with van der Waals surface area (Å²) in [5, 5.41) is 9.79. The first kappa shape index (κ1) is 16.8. The van der Waals surface area contributed by atoms with Crippen molar-refractivity contribution in [2.75, 3.05) is 6.61 Å². The Balaban J connectivity index is 1.57. The number of aromatic amines is 1. The summed E-state index contributed by atoms with van der Waals surface area (Å²) in [5.41, 5.74) is 1.47. The van der Waals surface area contributed by atoms with Crippen molar-refractivity contribution in [3.63, 3.8) is 0 Å². The first-order valence-corrected chi connectivity index (χ1v) is 7.77. The standard InChI is InChI=1S/C17H14ClN3O4/c18-12-5-3-11(4-6-12)16-14(9-20-21-16)17(23)25-10-15(22)19-8-13-2-1-7-24-13/h1-7,9H,8,10H2,(H,19,22)(H,20,21). The summed E-state index contributed by atoms with van der Waals surface area (Å²) in [4.78, 5) is 23.9. The molecule has 0 unspecified atom stereocenters. The molecule has 0 aliphatic rings. The van der Waals surface area contributed by atoms with E-state index < -0.39 is 18.5 Å². The fraction of sp³-hybridized carbons (Fsp3) is 0.118. The summed E-state index contributed by atoms with van der Waals surface area (Å²) >= 11 is 5.86. The second-order valence-electron chi connectivity index (χ2n) is 5.10. The molecule has 1 aromatic carbocycles. The van der Waals surface area contributed by atoms with Crippen LogP contribution < -0.4 is 5.32 Å². The van der Waals surface area contributed by atoms with Gasteiger partial charge in [-0.15, -0.1) is 0 Å². The Morgan fingerprint density at radius 1 is 1.24 bits per heavy atom. The Kier molecular flexibility index (Phi) is 5.15. The third-order valence-electron chi connectivity index (χ3n) is 3.37. The minimum Gasteiger partial charge on any atom is -0.467 e. The number of nitrogens with zero attached hydrogens (tertiary/aromatic N) is 1. The lowest BCUT2D eigenvalue weighted by molar-refractivity contribution is -0.124. The van der Waals surface area contributed by atoms with Crippen LogP contribution in [0.4, 0.5) is 0 Å². The zero-order valence-electron chi connectivity index (χ0n) is 13.0. The summed E-state index contributed by atoms with van der Waals surface area (Å²) in [7, 11) is 0. The number of hydrogen-bond acceptors (Lipinski definition) is 5. The van der Waals surface area contributed by atoms with Crippen LogP contribution in [0.2, 0.25) is 5.02 Å². The number of H-pyrrole nitrogens is 1. The molecule has 0 saturated heterocycles. The number of esters is 1. The van der Waals surface area contributed by atoms with E-state index in [0.717, 1.165) is 5.56 Å². The highest BCUT2D eigenvalue weighted by Crippen LogP contribution is 2.23. The monoisotopic (exact) mass is 359 g/mol. The third-order valence-corrected chi connectivity index (χ3v) is 3.62. The van der Waals surface area contributed by atoms with Crippen LogP contribution in [-0.4, -0.2) is 28.7 Å². The van der Waals surface area contributed by atoms with E-state index >= 15 is 0 Å². The number of benzene rings is 1. The van der Waals surface area contributed by atoms with Crippen LogP contribution in [-0.2, 0) is 16.1 Å². The van der Waals surface area contributed by atoms with E-state index in [1.54, 1.807) is 36.4 Å². The van der Waals surface area contributed by atoms with E-state index in [4.69, 9.17) is 20.8 Å². The van der Waals surface area contributed by atoms with E-state index in [2.05, 4.69) is 15.5 Å². The summed E-state index contributed by atoms with van der Waals surface area (Å²) in [6.07, 6.45) is 2.87. The summed E-state index contributed by atoms with van der Waals surface area (Å²) < 4.78 is 10.1. The van der Waals surface area contributed by atoms with E-state index in [-0.39, 0.29) is 12.1 Å². The number of carbonyl (C=O) groups is 2. The van der Waals surface area contributed by atoms with Gasteiger partial charge in [0, 0.05) is 10.6 Å². The highest BCUT2D eigenvalue weighted by molar-refractivity contribution is 6.30. The van der Waals surface area contributed by atoms with Crippen molar-refractivity contribution in [2.45, 2.75) is 6.54 Å². The van der Waals surface area contributed by atoms with Crippen LogP contribution in [0.3, 0.4) is 0 Å². The van der Waals surface area contributed by atoms with E-state index in [1.807, 2.05) is 0 Å². The van der Waals surface area contributed by atoms with Crippen LogP contribution >= 0.6 is 11.6 Å². The highest BCUT2D eigenvalue weighted by Gasteiger charge is 2.18. The van der Waals surface area contributed by atoms with Crippen molar-refractivity contribution in [1.29, 1.82) is 0 Å². The molecule has 0 spiro atoms.